The smallest absolute Gasteiger partial charge is 0.154 e. The van der Waals surface area contributed by atoms with Crippen molar-refractivity contribution in [2.45, 2.75) is 33.2 Å². The first-order valence-corrected chi connectivity index (χ1v) is 8.30. The molecule has 0 bridgehead atoms. The van der Waals surface area contributed by atoms with Gasteiger partial charge in [-0.15, -0.1) is 0 Å². The Morgan fingerprint density at radius 3 is 2.60 bits per heavy atom. The molecule has 2 aromatic rings. The largest absolute Gasteiger partial charge is 0.458 e. The molecular weight excluding hydrogens is 361 g/mol. The van der Waals surface area contributed by atoms with E-state index in [1.807, 2.05) is 6.07 Å². The molecule has 0 amide bonds. The van der Waals surface area contributed by atoms with Crippen LogP contribution in [-0.2, 0) is 0 Å². The minimum Gasteiger partial charge on any atom is -0.458 e. The molecule has 2 nitrogen and oxygen atoms in total. The zero-order valence-electron chi connectivity index (χ0n) is 11.8. The number of benzene rings is 1. The van der Waals surface area contributed by atoms with Crippen molar-refractivity contribution < 1.29 is 4.42 Å². The van der Waals surface area contributed by atoms with E-state index < -0.39 is 0 Å². The summed E-state index contributed by atoms with van der Waals surface area (Å²) in [5.41, 5.74) is 0.652. The van der Waals surface area contributed by atoms with Crippen molar-refractivity contribution in [1.82, 2.24) is 5.32 Å². The van der Waals surface area contributed by atoms with Crippen LogP contribution in [0.2, 0.25) is 10.0 Å². The summed E-state index contributed by atoms with van der Waals surface area (Å²) >= 11 is 16.0. The van der Waals surface area contributed by atoms with Gasteiger partial charge in [-0.1, -0.05) is 44.0 Å². The molecule has 1 aromatic heterocycles. The Bertz CT molecular complexity index is 609. The highest BCUT2D eigenvalue weighted by Crippen LogP contribution is 2.39. The Kier molecular flexibility index (Phi) is 5.41. The van der Waals surface area contributed by atoms with Crippen LogP contribution in [0.4, 0.5) is 0 Å². The third kappa shape index (κ3) is 3.16. The SMILES string of the molecule is CCCNC(c1cc2c(Cl)c(Br)cc(Cl)c2o1)C(C)C. The van der Waals surface area contributed by atoms with Crippen molar-refractivity contribution in [3.63, 3.8) is 0 Å². The standard InChI is InChI=1S/C15H18BrCl2NO/c1-4-5-19-14(8(2)3)12-6-9-13(18)10(16)7-11(17)15(9)20-12/h6-8,14,19H,4-5H2,1-3H3. The number of nitrogens with one attached hydrogen (secondary N) is 1. The lowest BCUT2D eigenvalue weighted by Gasteiger charge is -2.19. The minimum absolute atomic E-state index is 0.160. The molecular formula is C15H18BrCl2NO. The first-order valence-electron chi connectivity index (χ1n) is 6.76. The zero-order valence-corrected chi connectivity index (χ0v) is 14.9. The van der Waals surface area contributed by atoms with E-state index in [4.69, 9.17) is 27.6 Å². The highest BCUT2D eigenvalue weighted by Gasteiger charge is 2.22. The molecule has 0 saturated carbocycles. The first-order chi connectivity index (χ1) is 9.45. The fourth-order valence-electron chi connectivity index (χ4n) is 2.24. The molecule has 20 heavy (non-hydrogen) atoms. The second kappa shape index (κ2) is 6.69. The lowest BCUT2D eigenvalue weighted by atomic mass is 10.0. The number of rotatable bonds is 5. The quantitative estimate of drug-likeness (QED) is 0.626. The van der Waals surface area contributed by atoms with Gasteiger partial charge in [0.15, 0.2) is 5.58 Å². The maximum absolute atomic E-state index is 6.31. The summed E-state index contributed by atoms with van der Waals surface area (Å²) in [5, 5.41) is 5.57. The average molecular weight is 379 g/mol. The summed E-state index contributed by atoms with van der Waals surface area (Å²) in [6.45, 7) is 7.43. The topological polar surface area (TPSA) is 25.2 Å². The van der Waals surface area contributed by atoms with Gasteiger partial charge in [0.2, 0.25) is 0 Å². The van der Waals surface area contributed by atoms with Gasteiger partial charge in [0, 0.05) is 9.86 Å². The second-order valence-electron chi connectivity index (χ2n) is 5.22. The number of hydrogen-bond acceptors (Lipinski definition) is 2. The minimum atomic E-state index is 0.160. The van der Waals surface area contributed by atoms with Crippen LogP contribution in [0.3, 0.4) is 0 Å². The molecule has 5 heteroatoms. The predicted molar refractivity (Wildman–Crippen MR) is 89.8 cm³/mol. The Morgan fingerprint density at radius 1 is 1.30 bits per heavy atom. The van der Waals surface area contributed by atoms with E-state index in [-0.39, 0.29) is 6.04 Å². The van der Waals surface area contributed by atoms with Gasteiger partial charge in [-0.05, 0) is 46.9 Å². The van der Waals surface area contributed by atoms with Crippen LogP contribution < -0.4 is 5.32 Å². The van der Waals surface area contributed by atoms with Crippen molar-refractivity contribution in [1.29, 1.82) is 0 Å². The third-order valence-electron chi connectivity index (χ3n) is 3.26. The third-order valence-corrected chi connectivity index (χ3v) is 4.80. The summed E-state index contributed by atoms with van der Waals surface area (Å²) in [4.78, 5) is 0. The Balaban J connectivity index is 2.49. The van der Waals surface area contributed by atoms with Gasteiger partial charge in [-0.25, -0.2) is 0 Å². The van der Waals surface area contributed by atoms with E-state index in [9.17, 15) is 0 Å². The highest BCUT2D eigenvalue weighted by atomic mass is 79.9. The maximum Gasteiger partial charge on any atom is 0.154 e. The molecule has 2 rings (SSSR count). The van der Waals surface area contributed by atoms with Crippen molar-refractivity contribution in [2.24, 2.45) is 5.92 Å². The Hall–Kier alpha value is -0.220. The van der Waals surface area contributed by atoms with E-state index in [0.717, 1.165) is 28.6 Å². The lowest BCUT2D eigenvalue weighted by Crippen LogP contribution is -2.25. The predicted octanol–water partition coefficient (Wildman–Crippen LogP) is 6.20. The summed E-state index contributed by atoms with van der Waals surface area (Å²) in [5.74, 6) is 1.30. The van der Waals surface area contributed by atoms with E-state index in [2.05, 4.69) is 42.0 Å². The van der Waals surface area contributed by atoms with E-state index in [1.165, 1.54) is 0 Å². The number of fused-ring (bicyclic) bond motifs is 1. The molecule has 1 unspecified atom stereocenters. The van der Waals surface area contributed by atoms with Gasteiger partial charge >= 0.3 is 0 Å². The lowest BCUT2D eigenvalue weighted by molar-refractivity contribution is 0.351. The maximum atomic E-state index is 6.31. The van der Waals surface area contributed by atoms with E-state index in [1.54, 1.807) is 6.07 Å². The van der Waals surface area contributed by atoms with Crippen molar-refractivity contribution in [3.05, 3.63) is 32.4 Å². The summed E-state index contributed by atoms with van der Waals surface area (Å²) in [7, 11) is 0. The van der Waals surface area contributed by atoms with Crippen molar-refractivity contribution in [2.75, 3.05) is 6.54 Å². The van der Waals surface area contributed by atoms with Crippen LogP contribution in [0.1, 0.15) is 39.0 Å². The number of furan rings is 1. The molecule has 1 N–H and O–H groups in total. The highest BCUT2D eigenvalue weighted by molar-refractivity contribution is 9.10. The average Bonchev–Trinajstić information content (AvgIpc) is 2.82. The summed E-state index contributed by atoms with van der Waals surface area (Å²) in [6, 6.07) is 3.92. The molecule has 0 saturated heterocycles. The van der Waals surface area contributed by atoms with E-state index >= 15 is 0 Å². The van der Waals surface area contributed by atoms with Crippen LogP contribution in [0.25, 0.3) is 11.0 Å². The van der Waals surface area contributed by atoms with Gasteiger partial charge in [0.05, 0.1) is 16.1 Å². The molecule has 1 aromatic carbocycles. The van der Waals surface area contributed by atoms with Gasteiger partial charge in [-0.2, -0.15) is 0 Å². The molecule has 0 aliphatic heterocycles. The van der Waals surface area contributed by atoms with Crippen molar-refractivity contribution >= 4 is 50.1 Å². The molecule has 0 aliphatic rings. The molecule has 110 valence electrons. The van der Waals surface area contributed by atoms with Crippen LogP contribution >= 0.6 is 39.1 Å². The monoisotopic (exact) mass is 377 g/mol. The normalized spacial score (nSPS) is 13.3. The Morgan fingerprint density at radius 2 is 2.00 bits per heavy atom. The van der Waals surface area contributed by atoms with Gasteiger partial charge in [-0.3, -0.25) is 0 Å². The van der Waals surface area contributed by atoms with Crippen molar-refractivity contribution in [3.8, 4) is 0 Å². The fraction of sp³-hybridized carbons (Fsp3) is 0.467. The summed E-state index contributed by atoms with van der Waals surface area (Å²) in [6.07, 6.45) is 1.08. The Labute approximate surface area is 137 Å². The van der Waals surface area contributed by atoms with Crippen LogP contribution in [0, 0.1) is 5.92 Å². The molecule has 0 spiro atoms. The van der Waals surface area contributed by atoms with E-state index in [0.29, 0.717) is 21.5 Å². The van der Waals surface area contributed by atoms with Crippen LogP contribution in [-0.4, -0.2) is 6.54 Å². The van der Waals surface area contributed by atoms with Gasteiger partial charge in [0.25, 0.3) is 0 Å². The fourth-order valence-corrected chi connectivity index (χ4v) is 3.26. The van der Waals surface area contributed by atoms with Crippen LogP contribution in [0.5, 0.6) is 0 Å². The molecule has 1 atom stereocenters. The molecule has 0 fully saturated rings. The number of halogens is 3. The van der Waals surface area contributed by atoms with Crippen LogP contribution in [0.15, 0.2) is 21.0 Å². The van der Waals surface area contributed by atoms with Gasteiger partial charge < -0.3 is 9.73 Å². The van der Waals surface area contributed by atoms with Gasteiger partial charge in [0.1, 0.15) is 5.76 Å². The molecule has 0 aliphatic carbocycles. The second-order valence-corrected chi connectivity index (χ2v) is 6.86. The zero-order chi connectivity index (χ0) is 14.9. The first kappa shape index (κ1) is 16.2. The molecule has 1 heterocycles. The summed E-state index contributed by atoms with van der Waals surface area (Å²) < 4.78 is 6.74. The molecule has 0 radical (unpaired) electrons. The number of hydrogen-bond donors (Lipinski definition) is 1.